The second-order valence-corrected chi connectivity index (χ2v) is 18.4. The van der Waals surface area contributed by atoms with Crippen molar-refractivity contribution >= 4 is 55.4 Å². The number of nitrogens with zero attached hydrogens (tertiary/aromatic N) is 6. The van der Waals surface area contributed by atoms with Gasteiger partial charge in [-0.3, -0.25) is 14.5 Å². The predicted molar refractivity (Wildman–Crippen MR) is 261 cm³/mol. The van der Waals surface area contributed by atoms with Gasteiger partial charge in [-0.25, -0.2) is 9.97 Å². The Morgan fingerprint density at radius 2 is 1.38 bits per heavy atom. The van der Waals surface area contributed by atoms with Crippen molar-refractivity contribution in [3.63, 3.8) is 0 Å². The largest absolute Gasteiger partial charge is 0.318 e. The van der Waals surface area contributed by atoms with Crippen LogP contribution < -0.4 is 4.90 Å². The van der Waals surface area contributed by atoms with E-state index in [-0.39, 0.29) is 12.0 Å². The number of aryl methyl sites for hydroxylation is 5. The lowest BCUT2D eigenvalue weighted by Gasteiger charge is -2.34. The van der Waals surface area contributed by atoms with Crippen molar-refractivity contribution in [1.29, 1.82) is 0 Å². The third kappa shape index (κ3) is 5.14. The smallest absolute Gasteiger partial charge is 0.137 e. The Labute approximate surface area is 372 Å². The fourth-order valence-electron chi connectivity index (χ4n) is 12.1. The number of rotatable bonds is 4. The molecule has 2 aliphatic heterocycles. The van der Waals surface area contributed by atoms with E-state index in [1.165, 1.54) is 111 Å². The van der Waals surface area contributed by atoms with Crippen molar-refractivity contribution < 1.29 is 0 Å². The maximum absolute atomic E-state index is 5.14. The van der Waals surface area contributed by atoms with Crippen molar-refractivity contribution in [3.05, 3.63) is 207 Å². The van der Waals surface area contributed by atoms with Gasteiger partial charge in [0.25, 0.3) is 0 Å². The minimum atomic E-state index is 0.108. The first kappa shape index (κ1) is 36.1. The topological polar surface area (TPSA) is 59.2 Å². The lowest BCUT2D eigenvalue weighted by molar-refractivity contribution is 0.738. The Balaban J connectivity index is 1.00. The first-order chi connectivity index (χ1) is 31.6. The molecule has 3 aliphatic carbocycles. The number of pyridine rings is 3. The number of hydrogen-bond acceptors (Lipinski definition) is 5. The summed E-state index contributed by atoms with van der Waals surface area (Å²) in [5.74, 6) is 2.14. The van der Waals surface area contributed by atoms with Crippen LogP contribution >= 0.6 is 0 Å². The Morgan fingerprint density at radius 3 is 2.27 bits per heavy atom. The van der Waals surface area contributed by atoms with Crippen molar-refractivity contribution in [1.82, 2.24) is 19.5 Å². The number of anilines is 2. The van der Waals surface area contributed by atoms with Crippen LogP contribution in [0.5, 0.6) is 0 Å². The van der Waals surface area contributed by atoms with Gasteiger partial charge in [-0.1, -0.05) is 78.9 Å². The highest BCUT2D eigenvalue weighted by Gasteiger charge is 2.44. The molecule has 0 saturated carbocycles. The molecule has 6 heterocycles. The number of hydrogen-bond donors (Lipinski definition) is 0. The molecule has 2 unspecified atom stereocenters. The average molecular weight is 825 g/mol. The summed E-state index contributed by atoms with van der Waals surface area (Å²) in [4.78, 5) is 22.8. The molecule has 0 N–H and O–H groups in total. The van der Waals surface area contributed by atoms with Gasteiger partial charge in [0.05, 0.1) is 34.2 Å². The molecule has 306 valence electrons. The number of aliphatic imine (C=N–C) groups is 1. The summed E-state index contributed by atoms with van der Waals surface area (Å²) >= 11 is 0. The van der Waals surface area contributed by atoms with Gasteiger partial charge in [-0.15, -0.1) is 0 Å². The van der Waals surface area contributed by atoms with E-state index >= 15 is 0 Å². The predicted octanol–water partition coefficient (Wildman–Crippen LogP) is 12.3. The summed E-state index contributed by atoms with van der Waals surface area (Å²) < 4.78 is 2.47. The molecule has 0 amide bonds. The third-order valence-corrected chi connectivity index (χ3v) is 14.8. The monoisotopic (exact) mass is 824 g/mol. The Kier molecular flexibility index (Phi) is 7.63. The molecule has 0 spiro atoms. The second kappa shape index (κ2) is 13.5. The van der Waals surface area contributed by atoms with Gasteiger partial charge in [-0.2, -0.15) is 0 Å². The van der Waals surface area contributed by atoms with Crippen LogP contribution in [0.25, 0.3) is 55.1 Å². The van der Waals surface area contributed by atoms with Gasteiger partial charge < -0.3 is 4.90 Å². The molecule has 64 heavy (non-hydrogen) atoms. The molecule has 5 aliphatic rings. The fraction of sp³-hybridized carbons (Fsp3) is 0.172. The molecule has 2 atom stereocenters. The molecule has 6 nitrogen and oxygen atoms in total. The lowest BCUT2D eigenvalue weighted by atomic mass is 9.72. The van der Waals surface area contributed by atoms with Gasteiger partial charge in [-0.05, 0) is 161 Å². The zero-order chi connectivity index (χ0) is 42.2. The fourth-order valence-corrected chi connectivity index (χ4v) is 12.1. The van der Waals surface area contributed by atoms with E-state index in [0.717, 1.165) is 61.7 Å². The first-order valence-corrected chi connectivity index (χ1v) is 22.9. The lowest BCUT2D eigenvalue weighted by Crippen LogP contribution is -2.30. The number of aromatic nitrogens is 4. The second-order valence-electron chi connectivity index (χ2n) is 18.4. The molecule has 6 heteroatoms. The summed E-state index contributed by atoms with van der Waals surface area (Å²) in [6, 6.07) is 40.5. The molecule has 4 aromatic heterocycles. The number of fused-ring (bicyclic) bond motifs is 10. The van der Waals surface area contributed by atoms with Crippen molar-refractivity contribution in [2.75, 3.05) is 11.4 Å². The van der Waals surface area contributed by atoms with E-state index in [0.29, 0.717) is 0 Å². The van der Waals surface area contributed by atoms with Gasteiger partial charge >= 0.3 is 0 Å². The van der Waals surface area contributed by atoms with E-state index in [4.69, 9.17) is 19.9 Å². The molecule has 5 aromatic carbocycles. The molecule has 0 radical (unpaired) electrons. The third-order valence-electron chi connectivity index (χ3n) is 14.8. The van der Waals surface area contributed by atoms with Crippen LogP contribution in [0.1, 0.15) is 67.2 Å². The first-order valence-electron chi connectivity index (χ1n) is 22.9. The van der Waals surface area contributed by atoms with Crippen LogP contribution in [-0.2, 0) is 32.1 Å². The number of allylic oxidation sites excluding steroid dienone is 2. The molecule has 0 bridgehead atoms. The van der Waals surface area contributed by atoms with E-state index in [1.54, 1.807) is 0 Å². The van der Waals surface area contributed by atoms with Crippen LogP contribution in [0.15, 0.2) is 151 Å². The van der Waals surface area contributed by atoms with E-state index in [2.05, 4.69) is 151 Å². The van der Waals surface area contributed by atoms with Crippen molar-refractivity contribution in [2.24, 2.45) is 4.99 Å². The van der Waals surface area contributed by atoms with Crippen LogP contribution in [0.4, 0.5) is 11.5 Å². The summed E-state index contributed by atoms with van der Waals surface area (Å²) in [6.07, 6.45) is 18.0. The summed E-state index contributed by atoms with van der Waals surface area (Å²) in [6.45, 7) is 5.16. The normalized spacial score (nSPS) is 17.9. The van der Waals surface area contributed by atoms with Crippen LogP contribution in [0.3, 0.4) is 0 Å². The standard InChI is InChI=1S/C58H44N6/c1-33-19-23-59-51(27-33)63-49-17-13-39(55-41-9-5-3-7-35(41)21-25-61-55)31-45(49)47-29-37-12-16-44-54-38(11-15-43(53(37)54)57(47)63)30-48-46-32-40(56-42-10-6-4-8-36(42)22-26-62-56)14-18-50(46)64(58(44)48)52-28-34(2)20-24-60-52/h3-10,13-14,17-21,23-25,27-32,45,49H,11-12,15-16,22,26H2,1-2H3. The number of benzene rings is 5. The van der Waals surface area contributed by atoms with Crippen LogP contribution in [0, 0.1) is 13.8 Å². The SMILES string of the molecule is Cc1ccnc(N2c3c(cc4c5c3CCc3cc6c7cc(C8=NCCc9ccccc98)ccc7n(-c7cc(C)ccn7)c6c(c3-5)CC4)C3C=C(c4nccc5ccccc45)C=CC32)c1. The Hall–Kier alpha value is -7.44. The molecule has 0 fully saturated rings. The van der Waals surface area contributed by atoms with Gasteiger partial charge in [0.1, 0.15) is 11.6 Å². The van der Waals surface area contributed by atoms with E-state index < -0.39 is 0 Å². The average Bonchev–Trinajstić information content (AvgIpc) is 3.84. The Bertz CT molecular complexity index is 3620. The molecule has 9 aromatic rings. The van der Waals surface area contributed by atoms with Gasteiger partial charge in [0, 0.05) is 58.3 Å². The molecule has 0 saturated heterocycles. The highest BCUT2D eigenvalue weighted by atomic mass is 15.2. The molecular formula is C58H44N6. The molecule has 14 rings (SSSR count). The highest BCUT2D eigenvalue weighted by Crippen LogP contribution is 2.57. The maximum Gasteiger partial charge on any atom is 0.137 e. The minimum absolute atomic E-state index is 0.108. The summed E-state index contributed by atoms with van der Waals surface area (Å²) in [5.41, 5.74) is 23.5. The van der Waals surface area contributed by atoms with Crippen LogP contribution in [0.2, 0.25) is 0 Å². The van der Waals surface area contributed by atoms with Gasteiger partial charge in [0.15, 0.2) is 0 Å². The van der Waals surface area contributed by atoms with Gasteiger partial charge in [0.2, 0.25) is 0 Å². The molecular weight excluding hydrogens is 781 g/mol. The van der Waals surface area contributed by atoms with Crippen molar-refractivity contribution in [2.45, 2.75) is 57.9 Å². The minimum Gasteiger partial charge on any atom is -0.318 e. The van der Waals surface area contributed by atoms with E-state index in [9.17, 15) is 0 Å². The maximum atomic E-state index is 5.14. The summed E-state index contributed by atoms with van der Waals surface area (Å²) in [7, 11) is 0. The highest BCUT2D eigenvalue weighted by molar-refractivity contribution is 6.19. The van der Waals surface area contributed by atoms with Crippen molar-refractivity contribution in [3.8, 4) is 16.9 Å². The Morgan fingerprint density at radius 1 is 0.609 bits per heavy atom. The zero-order valence-corrected chi connectivity index (χ0v) is 35.9. The van der Waals surface area contributed by atoms with Crippen LogP contribution in [-0.4, -0.2) is 37.8 Å². The summed E-state index contributed by atoms with van der Waals surface area (Å²) in [5, 5.41) is 4.98. The quantitative estimate of drug-likeness (QED) is 0.177. The van der Waals surface area contributed by atoms with E-state index in [1.807, 2.05) is 18.6 Å². The zero-order valence-electron chi connectivity index (χ0n) is 35.9.